The van der Waals surface area contributed by atoms with E-state index >= 15 is 0 Å². The predicted molar refractivity (Wildman–Crippen MR) is 123 cm³/mol. The van der Waals surface area contributed by atoms with Crippen LogP contribution in [0.4, 0.5) is 5.69 Å². The van der Waals surface area contributed by atoms with Crippen molar-refractivity contribution in [1.29, 1.82) is 0 Å². The van der Waals surface area contributed by atoms with Gasteiger partial charge in [0.2, 0.25) is 0 Å². The molecule has 4 aromatic rings. The lowest BCUT2D eigenvalue weighted by Gasteiger charge is -2.11. The molecular formula is C25H22N2S. The van der Waals surface area contributed by atoms with Crippen LogP contribution in [0.5, 0.6) is 0 Å². The summed E-state index contributed by atoms with van der Waals surface area (Å²) in [5.74, 6) is 0. The van der Waals surface area contributed by atoms with E-state index in [1.54, 1.807) is 11.3 Å². The lowest BCUT2D eigenvalue weighted by molar-refractivity contribution is 1.13. The number of anilines is 1. The summed E-state index contributed by atoms with van der Waals surface area (Å²) in [6, 6.07) is 29.4. The molecule has 1 aromatic heterocycles. The van der Waals surface area contributed by atoms with Gasteiger partial charge in [0.15, 0.2) is 0 Å². The second-order valence-corrected chi connectivity index (χ2v) is 7.81. The topological polar surface area (TPSA) is 16.1 Å². The molecule has 0 amide bonds. The Bertz CT molecular complexity index is 1010. The molecule has 0 N–H and O–H groups in total. The SMILES string of the molecule is CN(C)c1ccc(C=Cc2nc(-c3ccccc3)c(-c3ccccc3)s2)cc1. The van der Waals surface area contributed by atoms with Gasteiger partial charge in [0.25, 0.3) is 0 Å². The summed E-state index contributed by atoms with van der Waals surface area (Å²) < 4.78 is 0. The smallest absolute Gasteiger partial charge is 0.117 e. The van der Waals surface area contributed by atoms with Crippen molar-refractivity contribution in [2.45, 2.75) is 0 Å². The number of rotatable bonds is 5. The lowest BCUT2D eigenvalue weighted by atomic mass is 10.1. The first-order valence-electron chi connectivity index (χ1n) is 9.28. The number of hydrogen-bond donors (Lipinski definition) is 0. The Kier molecular flexibility index (Phi) is 5.36. The minimum Gasteiger partial charge on any atom is -0.378 e. The molecule has 0 unspecified atom stereocenters. The quantitative estimate of drug-likeness (QED) is 0.381. The standard InChI is InChI=1S/C25H22N2S/c1-27(2)22-16-13-19(14-17-22)15-18-23-26-24(20-9-5-3-6-10-20)25(28-23)21-11-7-4-8-12-21/h3-18H,1-2H3. The third-order valence-corrected chi connectivity index (χ3v) is 5.62. The molecule has 2 nitrogen and oxygen atoms in total. The largest absolute Gasteiger partial charge is 0.378 e. The molecule has 0 aliphatic carbocycles. The van der Waals surface area contributed by atoms with E-state index in [1.807, 2.05) is 12.1 Å². The first-order chi connectivity index (χ1) is 13.7. The Morgan fingerprint density at radius 1 is 0.714 bits per heavy atom. The van der Waals surface area contributed by atoms with Crippen LogP contribution in [0.2, 0.25) is 0 Å². The van der Waals surface area contributed by atoms with Crippen LogP contribution in [-0.2, 0) is 0 Å². The Hall–Kier alpha value is -3.17. The highest BCUT2D eigenvalue weighted by Gasteiger charge is 2.13. The summed E-state index contributed by atoms with van der Waals surface area (Å²) in [6.45, 7) is 0. The van der Waals surface area contributed by atoms with Gasteiger partial charge in [-0.3, -0.25) is 0 Å². The molecule has 0 saturated carbocycles. The highest BCUT2D eigenvalue weighted by Crippen LogP contribution is 2.37. The van der Waals surface area contributed by atoms with Crippen molar-refractivity contribution in [3.8, 4) is 21.7 Å². The van der Waals surface area contributed by atoms with E-state index in [4.69, 9.17) is 4.98 Å². The summed E-state index contributed by atoms with van der Waals surface area (Å²) in [7, 11) is 4.10. The zero-order valence-corrected chi connectivity index (χ0v) is 16.9. The number of hydrogen-bond acceptors (Lipinski definition) is 3. The van der Waals surface area contributed by atoms with Gasteiger partial charge in [0.05, 0.1) is 10.6 Å². The minimum absolute atomic E-state index is 1.01. The first kappa shape index (κ1) is 18.2. The van der Waals surface area contributed by atoms with Gasteiger partial charge in [-0.15, -0.1) is 11.3 Å². The Morgan fingerprint density at radius 2 is 1.32 bits per heavy atom. The van der Waals surface area contributed by atoms with Gasteiger partial charge >= 0.3 is 0 Å². The minimum atomic E-state index is 1.01. The molecule has 0 spiro atoms. The summed E-state index contributed by atoms with van der Waals surface area (Å²) >= 11 is 1.73. The van der Waals surface area contributed by atoms with Gasteiger partial charge < -0.3 is 4.90 Å². The van der Waals surface area contributed by atoms with Crippen LogP contribution in [-0.4, -0.2) is 19.1 Å². The maximum absolute atomic E-state index is 4.94. The van der Waals surface area contributed by atoms with Crippen LogP contribution < -0.4 is 4.90 Å². The van der Waals surface area contributed by atoms with Crippen LogP contribution in [0.15, 0.2) is 84.9 Å². The average Bonchev–Trinajstić information content (AvgIpc) is 3.18. The van der Waals surface area contributed by atoms with Crippen molar-refractivity contribution in [1.82, 2.24) is 4.98 Å². The van der Waals surface area contributed by atoms with Gasteiger partial charge in [0.1, 0.15) is 5.01 Å². The molecule has 0 aliphatic heterocycles. The average molecular weight is 383 g/mol. The summed E-state index contributed by atoms with van der Waals surface area (Å²) in [5, 5.41) is 1.01. The van der Waals surface area contributed by atoms with E-state index in [-0.39, 0.29) is 0 Å². The lowest BCUT2D eigenvalue weighted by Crippen LogP contribution is -2.07. The second kappa shape index (κ2) is 8.24. The summed E-state index contributed by atoms with van der Waals surface area (Å²) in [5.41, 5.74) is 5.76. The van der Waals surface area contributed by atoms with Crippen molar-refractivity contribution in [3.63, 3.8) is 0 Å². The monoisotopic (exact) mass is 382 g/mol. The zero-order valence-electron chi connectivity index (χ0n) is 16.0. The van der Waals surface area contributed by atoms with Gasteiger partial charge in [-0.05, 0) is 29.3 Å². The molecule has 1 heterocycles. The number of nitrogens with zero attached hydrogens (tertiary/aromatic N) is 2. The molecule has 0 fully saturated rings. The Morgan fingerprint density at radius 3 is 1.93 bits per heavy atom. The molecular weight excluding hydrogens is 360 g/mol. The van der Waals surface area contributed by atoms with Crippen molar-refractivity contribution in [3.05, 3.63) is 95.5 Å². The van der Waals surface area contributed by atoms with Crippen molar-refractivity contribution in [2.75, 3.05) is 19.0 Å². The number of thiazole rings is 1. The van der Waals surface area contributed by atoms with Gasteiger partial charge in [-0.1, -0.05) is 78.9 Å². The fraction of sp³-hybridized carbons (Fsp3) is 0.0800. The molecule has 0 aliphatic rings. The highest BCUT2D eigenvalue weighted by molar-refractivity contribution is 7.16. The Balaban J connectivity index is 1.69. The fourth-order valence-electron chi connectivity index (χ4n) is 3.04. The van der Waals surface area contributed by atoms with Gasteiger partial charge in [-0.2, -0.15) is 0 Å². The zero-order chi connectivity index (χ0) is 19.3. The molecule has 3 aromatic carbocycles. The van der Waals surface area contributed by atoms with E-state index in [0.29, 0.717) is 0 Å². The summed E-state index contributed by atoms with van der Waals surface area (Å²) in [6.07, 6.45) is 4.23. The third kappa shape index (κ3) is 4.05. The van der Waals surface area contributed by atoms with Crippen LogP contribution in [0, 0.1) is 0 Å². The molecule has 0 bridgehead atoms. The van der Waals surface area contributed by atoms with Gasteiger partial charge in [0, 0.05) is 25.3 Å². The van der Waals surface area contributed by atoms with Crippen molar-refractivity contribution in [2.24, 2.45) is 0 Å². The van der Waals surface area contributed by atoms with Crippen LogP contribution in [0.1, 0.15) is 10.6 Å². The molecule has 138 valence electrons. The molecule has 28 heavy (non-hydrogen) atoms. The van der Waals surface area contributed by atoms with E-state index in [1.165, 1.54) is 21.7 Å². The highest BCUT2D eigenvalue weighted by atomic mass is 32.1. The van der Waals surface area contributed by atoms with E-state index in [9.17, 15) is 0 Å². The van der Waals surface area contributed by atoms with Gasteiger partial charge in [-0.25, -0.2) is 4.98 Å². The fourth-order valence-corrected chi connectivity index (χ4v) is 4.03. The molecule has 0 saturated heterocycles. The number of benzene rings is 3. The molecule has 3 heteroatoms. The third-order valence-electron chi connectivity index (χ3n) is 4.55. The molecule has 0 radical (unpaired) electrons. The molecule has 0 atom stereocenters. The first-order valence-corrected chi connectivity index (χ1v) is 10.1. The van der Waals surface area contributed by atoms with Crippen LogP contribution in [0.25, 0.3) is 33.9 Å². The summed E-state index contributed by atoms with van der Waals surface area (Å²) in [4.78, 5) is 8.25. The maximum atomic E-state index is 4.94. The number of aromatic nitrogens is 1. The molecule has 4 rings (SSSR count). The maximum Gasteiger partial charge on any atom is 0.117 e. The Labute approximate surface area is 170 Å². The predicted octanol–water partition coefficient (Wildman–Crippen LogP) is 6.71. The van der Waals surface area contributed by atoms with Crippen LogP contribution in [0.3, 0.4) is 0 Å². The van der Waals surface area contributed by atoms with E-state index in [0.717, 1.165) is 16.3 Å². The van der Waals surface area contributed by atoms with E-state index in [2.05, 4.69) is 104 Å². The van der Waals surface area contributed by atoms with E-state index < -0.39 is 0 Å². The van der Waals surface area contributed by atoms with Crippen molar-refractivity contribution >= 4 is 29.2 Å². The normalized spacial score (nSPS) is 11.1. The van der Waals surface area contributed by atoms with Crippen LogP contribution >= 0.6 is 11.3 Å². The van der Waals surface area contributed by atoms with Crippen molar-refractivity contribution < 1.29 is 0 Å². The second-order valence-electron chi connectivity index (χ2n) is 6.78.